The molecule has 2 atom stereocenters. The van der Waals surface area contributed by atoms with E-state index in [1.807, 2.05) is 0 Å². The van der Waals surface area contributed by atoms with E-state index < -0.39 is 5.97 Å². The summed E-state index contributed by atoms with van der Waals surface area (Å²) in [6.45, 7) is 0. The van der Waals surface area contributed by atoms with Gasteiger partial charge in [0.15, 0.2) is 0 Å². The lowest BCUT2D eigenvalue weighted by atomic mass is 10.2. The van der Waals surface area contributed by atoms with Gasteiger partial charge in [-0.1, -0.05) is 0 Å². The van der Waals surface area contributed by atoms with Crippen molar-refractivity contribution in [3.8, 4) is 0 Å². The average molecular weight is 210 g/mol. The van der Waals surface area contributed by atoms with E-state index in [-0.39, 0.29) is 18.6 Å². The molecule has 1 aliphatic carbocycles. The molecule has 0 radical (unpaired) electrons. The van der Waals surface area contributed by atoms with E-state index in [9.17, 15) is 9.90 Å². The number of carboxylic acids is 1. The quantitative estimate of drug-likeness (QED) is 0.765. The lowest BCUT2D eigenvalue weighted by Crippen LogP contribution is -2.18. The second kappa shape index (κ2) is 4.02. The molecule has 2 rings (SSSR count). The largest absolute Gasteiger partial charge is 0.481 e. The standard InChI is InChI=1S/C10H14N2O3/c13-9-3-1-2-8(9)12-6-7(5-11-12)4-10(14)15/h5-6,8-9,13H,1-4H2,(H,14,15). The van der Waals surface area contributed by atoms with Gasteiger partial charge >= 0.3 is 5.97 Å². The van der Waals surface area contributed by atoms with Crippen LogP contribution in [-0.4, -0.2) is 32.1 Å². The van der Waals surface area contributed by atoms with Gasteiger partial charge in [-0.2, -0.15) is 5.10 Å². The van der Waals surface area contributed by atoms with Crippen molar-refractivity contribution in [1.82, 2.24) is 9.78 Å². The van der Waals surface area contributed by atoms with Crippen LogP contribution in [0.5, 0.6) is 0 Å². The topological polar surface area (TPSA) is 75.3 Å². The third kappa shape index (κ3) is 2.18. The zero-order valence-electron chi connectivity index (χ0n) is 8.33. The van der Waals surface area contributed by atoms with Crippen LogP contribution in [0, 0.1) is 0 Å². The van der Waals surface area contributed by atoms with Gasteiger partial charge in [-0.3, -0.25) is 9.48 Å². The van der Waals surface area contributed by atoms with Gasteiger partial charge in [0, 0.05) is 11.8 Å². The van der Waals surface area contributed by atoms with Crippen molar-refractivity contribution < 1.29 is 15.0 Å². The highest BCUT2D eigenvalue weighted by Crippen LogP contribution is 2.29. The molecule has 0 bridgehead atoms. The van der Waals surface area contributed by atoms with Crippen molar-refractivity contribution in [2.45, 2.75) is 37.8 Å². The van der Waals surface area contributed by atoms with Gasteiger partial charge in [0.2, 0.25) is 0 Å². The average Bonchev–Trinajstić information content (AvgIpc) is 2.72. The number of nitrogens with zero attached hydrogens (tertiary/aromatic N) is 2. The second-order valence-electron chi connectivity index (χ2n) is 3.96. The Labute approximate surface area is 87.3 Å². The highest BCUT2D eigenvalue weighted by Gasteiger charge is 2.27. The number of aliphatic carboxylic acids is 1. The fourth-order valence-corrected chi connectivity index (χ4v) is 2.05. The molecule has 0 saturated heterocycles. The lowest BCUT2D eigenvalue weighted by Gasteiger charge is -2.14. The minimum atomic E-state index is -0.860. The number of carbonyl (C=O) groups is 1. The zero-order chi connectivity index (χ0) is 10.8. The maximum Gasteiger partial charge on any atom is 0.307 e. The summed E-state index contributed by atoms with van der Waals surface area (Å²) in [5, 5.41) is 22.4. The van der Waals surface area contributed by atoms with Crippen LogP contribution in [-0.2, 0) is 11.2 Å². The van der Waals surface area contributed by atoms with Gasteiger partial charge in [0.05, 0.1) is 24.8 Å². The van der Waals surface area contributed by atoms with Crippen molar-refractivity contribution >= 4 is 5.97 Å². The third-order valence-electron chi connectivity index (χ3n) is 2.79. The van der Waals surface area contributed by atoms with Crippen molar-refractivity contribution in [2.75, 3.05) is 0 Å². The summed E-state index contributed by atoms with van der Waals surface area (Å²) in [5.41, 5.74) is 0.682. The normalized spacial score (nSPS) is 25.7. The third-order valence-corrected chi connectivity index (χ3v) is 2.79. The molecule has 1 fully saturated rings. The highest BCUT2D eigenvalue weighted by molar-refractivity contribution is 5.69. The maximum atomic E-state index is 10.5. The van der Waals surface area contributed by atoms with Gasteiger partial charge in [-0.15, -0.1) is 0 Å². The molecule has 1 aliphatic rings. The van der Waals surface area contributed by atoms with E-state index in [0.29, 0.717) is 5.56 Å². The first-order valence-electron chi connectivity index (χ1n) is 5.09. The number of hydrogen-bond acceptors (Lipinski definition) is 3. The minimum Gasteiger partial charge on any atom is -0.481 e. The Balaban J connectivity index is 2.09. The lowest BCUT2D eigenvalue weighted by molar-refractivity contribution is -0.136. The number of hydrogen-bond donors (Lipinski definition) is 2. The van der Waals surface area contributed by atoms with Crippen LogP contribution in [0.1, 0.15) is 30.9 Å². The Morgan fingerprint density at radius 3 is 3.00 bits per heavy atom. The van der Waals surface area contributed by atoms with Gasteiger partial charge in [0.1, 0.15) is 0 Å². The van der Waals surface area contributed by atoms with Crippen LogP contribution in [0.15, 0.2) is 12.4 Å². The predicted molar refractivity (Wildman–Crippen MR) is 52.5 cm³/mol. The SMILES string of the molecule is O=C(O)Cc1cnn(C2CCCC2O)c1. The first-order chi connectivity index (χ1) is 7.16. The Kier molecular flexibility index (Phi) is 2.73. The molecule has 82 valence electrons. The predicted octanol–water partition coefficient (Wildman–Crippen LogP) is 0.596. The van der Waals surface area contributed by atoms with E-state index >= 15 is 0 Å². The molecule has 5 heteroatoms. The highest BCUT2D eigenvalue weighted by atomic mass is 16.4. The van der Waals surface area contributed by atoms with Gasteiger partial charge in [0.25, 0.3) is 0 Å². The monoisotopic (exact) mass is 210 g/mol. The van der Waals surface area contributed by atoms with E-state index in [1.54, 1.807) is 17.1 Å². The molecule has 0 spiro atoms. The van der Waals surface area contributed by atoms with E-state index in [4.69, 9.17) is 5.11 Å². The summed E-state index contributed by atoms with van der Waals surface area (Å²) >= 11 is 0. The number of aromatic nitrogens is 2. The van der Waals surface area contributed by atoms with Crippen LogP contribution < -0.4 is 0 Å². The number of aliphatic hydroxyl groups is 1. The van der Waals surface area contributed by atoms with Crippen molar-refractivity contribution in [1.29, 1.82) is 0 Å². The van der Waals surface area contributed by atoms with Crippen molar-refractivity contribution in [3.63, 3.8) is 0 Å². The van der Waals surface area contributed by atoms with Gasteiger partial charge in [-0.25, -0.2) is 0 Å². The summed E-state index contributed by atoms with van der Waals surface area (Å²) in [7, 11) is 0. The van der Waals surface area contributed by atoms with Crippen LogP contribution in [0.25, 0.3) is 0 Å². The minimum absolute atomic E-state index is 0.0111. The fraction of sp³-hybridized carbons (Fsp3) is 0.600. The number of aliphatic hydroxyl groups excluding tert-OH is 1. The van der Waals surface area contributed by atoms with Crippen LogP contribution in [0.2, 0.25) is 0 Å². The number of rotatable bonds is 3. The smallest absolute Gasteiger partial charge is 0.307 e. The van der Waals surface area contributed by atoms with Gasteiger partial charge in [-0.05, 0) is 19.3 Å². The summed E-state index contributed by atoms with van der Waals surface area (Å²) in [5.74, 6) is -0.860. The molecule has 1 saturated carbocycles. The number of carboxylic acid groups (broad SMARTS) is 1. The first-order valence-corrected chi connectivity index (χ1v) is 5.09. The summed E-state index contributed by atoms with van der Waals surface area (Å²) in [6, 6.07) is 0.0209. The Morgan fingerprint density at radius 1 is 1.60 bits per heavy atom. The van der Waals surface area contributed by atoms with E-state index in [0.717, 1.165) is 19.3 Å². The van der Waals surface area contributed by atoms with E-state index in [2.05, 4.69) is 5.10 Å². The summed E-state index contributed by atoms with van der Waals surface area (Å²) in [6.07, 6.45) is 5.63. The molecule has 5 nitrogen and oxygen atoms in total. The molecule has 2 N–H and O–H groups in total. The molecule has 0 amide bonds. The van der Waals surface area contributed by atoms with E-state index in [1.165, 1.54) is 0 Å². The summed E-state index contributed by atoms with van der Waals surface area (Å²) in [4.78, 5) is 10.5. The summed E-state index contributed by atoms with van der Waals surface area (Å²) < 4.78 is 1.69. The molecular formula is C10H14N2O3. The van der Waals surface area contributed by atoms with Crippen molar-refractivity contribution in [2.24, 2.45) is 0 Å². The molecule has 1 heterocycles. The molecule has 2 unspecified atom stereocenters. The zero-order valence-corrected chi connectivity index (χ0v) is 8.33. The molecule has 15 heavy (non-hydrogen) atoms. The van der Waals surface area contributed by atoms with Crippen LogP contribution >= 0.6 is 0 Å². The Hall–Kier alpha value is -1.36. The fourth-order valence-electron chi connectivity index (χ4n) is 2.05. The maximum absolute atomic E-state index is 10.5. The van der Waals surface area contributed by atoms with Gasteiger partial charge < -0.3 is 10.2 Å². The molecule has 0 aliphatic heterocycles. The molecule has 1 aromatic rings. The van der Waals surface area contributed by atoms with Crippen molar-refractivity contribution in [3.05, 3.63) is 18.0 Å². The van der Waals surface area contributed by atoms with Crippen LogP contribution in [0.4, 0.5) is 0 Å². The second-order valence-corrected chi connectivity index (χ2v) is 3.96. The molecule has 0 aromatic carbocycles. The molecule has 1 aromatic heterocycles. The Bertz CT molecular complexity index is 361. The first kappa shape index (κ1) is 10.2. The Morgan fingerprint density at radius 2 is 2.40 bits per heavy atom. The van der Waals surface area contributed by atoms with Crippen LogP contribution in [0.3, 0.4) is 0 Å². The molecular weight excluding hydrogens is 196 g/mol.